The number of halogens is 1. The molecule has 1 aromatic carbocycles. The first kappa shape index (κ1) is 27.0. The van der Waals surface area contributed by atoms with E-state index in [-0.39, 0.29) is 52.4 Å². The average molecular weight is 516 g/mol. The van der Waals surface area contributed by atoms with E-state index >= 15 is 0 Å². The Balaban J connectivity index is 1.81. The molecular formula is C25H30ClN5O5. The van der Waals surface area contributed by atoms with Crippen molar-refractivity contribution in [1.29, 1.82) is 5.41 Å². The Labute approximate surface area is 214 Å². The normalized spacial score (nSPS) is 13.8. The fourth-order valence-electron chi connectivity index (χ4n) is 3.09. The van der Waals surface area contributed by atoms with Crippen molar-refractivity contribution in [2.45, 2.75) is 39.3 Å². The summed E-state index contributed by atoms with van der Waals surface area (Å²) in [4.78, 5) is 31.1. The zero-order valence-corrected chi connectivity index (χ0v) is 21.1. The summed E-state index contributed by atoms with van der Waals surface area (Å²) in [5.74, 6) is -0.305. The highest BCUT2D eigenvalue weighted by Gasteiger charge is 2.23. The van der Waals surface area contributed by atoms with Crippen LogP contribution in [0.3, 0.4) is 0 Å². The van der Waals surface area contributed by atoms with E-state index in [1.807, 2.05) is 13.8 Å². The molecule has 1 aliphatic heterocycles. The fraction of sp³-hybridized carbons (Fsp3) is 0.360. The summed E-state index contributed by atoms with van der Waals surface area (Å²) in [6.45, 7) is 6.75. The number of benzene rings is 1. The first-order valence-corrected chi connectivity index (χ1v) is 11.9. The summed E-state index contributed by atoms with van der Waals surface area (Å²) >= 11 is 6.33. The van der Waals surface area contributed by atoms with Crippen LogP contribution in [0.5, 0.6) is 17.4 Å². The summed E-state index contributed by atoms with van der Waals surface area (Å²) in [6, 6.07) is 6.13. The molecule has 1 aliphatic rings. The Bertz CT molecular complexity index is 1150. The van der Waals surface area contributed by atoms with E-state index in [0.29, 0.717) is 18.7 Å². The molecule has 1 atom stereocenters. The molecule has 36 heavy (non-hydrogen) atoms. The van der Waals surface area contributed by atoms with E-state index in [9.17, 15) is 14.7 Å². The number of aliphatic hydroxyl groups is 1. The fourth-order valence-corrected chi connectivity index (χ4v) is 3.30. The first-order valence-electron chi connectivity index (χ1n) is 11.5. The molecule has 0 bridgehead atoms. The van der Waals surface area contributed by atoms with Crippen molar-refractivity contribution in [2.75, 3.05) is 19.7 Å². The molecule has 0 aliphatic carbocycles. The molecular weight excluding hydrogens is 486 g/mol. The van der Waals surface area contributed by atoms with Gasteiger partial charge in [0.05, 0.1) is 12.2 Å². The molecule has 192 valence electrons. The van der Waals surface area contributed by atoms with Gasteiger partial charge in [0, 0.05) is 43.2 Å². The third-order valence-electron chi connectivity index (χ3n) is 5.08. The molecule has 0 saturated carbocycles. The largest absolute Gasteiger partial charge is 0.488 e. The zero-order valence-electron chi connectivity index (χ0n) is 20.4. The van der Waals surface area contributed by atoms with Gasteiger partial charge in [0.1, 0.15) is 28.5 Å². The Kier molecular flexibility index (Phi) is 9.26. The molecule has 1 aromatic heterocycles. The van der Waals surface area contributed by atoms with Gasteiger partial charge in [-0.1, -0.05) is 11.6 Å². The van der Waals surface area contributed by atoms with Gasteiger partial charge in [-0.25, -0.2) is 4.98 Å². The number of hydrogen-bond acceptors (Lipinski definition) is 8. The van der Waals surface area contributed by atoms with Crippen LogP contribution in [-0.4, -0.2) is 64.5 Å². The Morgan fingerprint density at radius 3 is 2.53 bits per heavy atom. The number of nitrogens with one attached hydrogen (secondary N) is 3. The number of aromatic nitrogens is 1. The van der Waals surface area contributed by atoms with Crippen molar-refractivity contribution < 1.29 is 24.2 Å². The number of pyridine rings is 1. The number of carbonyl (C=O) groups excluding carboxylic acids is 2. The highest BCUT2D eigenvalue weighted by atomic mass is 35.5. The number of hydrogen-bond donors (Lipinski definition) is 4. The average Bonchev–Trinajstić information content (AvgIpc) is 2.78. The second kappa shape index (κ2) is 12.4. The Morgan fingerprint density at radius 2 is 1.92 bits per heavy atom. The maximum absolute atomic E-state index is 12.8. The number of aliphatic hydroxyl groups excluding tert-OH is 1. The standard InChI is InChI=1S/C25H30ClN5O5/c1-15(2)28-6-5-22(27)30-23(33)17-9-19(35-16(3)14-32)12-20(10-17)36-24-21(26)11-18(13-29-24)25(34)31-7-4-8-31/h5-6,9-13,15-16,28,32H,4,7-8,14H2,1-3H3,(H2,27,30,33)/b6-5-/t16-/m0/s1. The van der Waals surface area contributed by atoms with Crippen LogP contribution in [0.2, 0.25) is 5.02 Å². The molecule has 4 N–H and O–H groups in total. The molecule has 2 heterocycles. The van der Waals surface area contributed by atoms with Crippen LogP contribution >= 0.6 is 11.6 Å². The summed E-state index contributed by atoms with van der Waals surface area (Å²) < 4.78 is 11.5. The minimum absolute atomic E-state index is 0.0472. The van der Waals surface area contributed by atoms with Gasteiger partial charge in [0.15, 0.2) is 0 Å². The Hall–Kier alpha value is -3.63. The Morgan fingerprint density at radius 1 is 1.19 bits per heavy atom. The lowest BCUT2D eigenvalue weighted by molar-refractivity contribution is 0.0651. The molecule has 2 aromatic rings. The van der Waals surface area contributed by atoms with Gasteiger partial charge in [0.25, 0.3) is 11.8 Å². The molecule has 0 radical (unpaired) electrons. The van der Waals surface area contributed by atoms with Gasteiger partial charge in [0.2, 0.25) is 5.88 Å². The first-order chi connectivity index (χ1) is 17.2. The minimum Gasteiger partial charge on any atom is -0.488 e. The van der Waals surface area contributed by atoms with E-state index < -0.39 is 12.0 Å². The lowest BCUT2D eigenvalue weighted by atomic mass is 10.1. The monoisotopic (exact) mass is 515 g/mol. The van der Waals surface area contributed by atoms with Crippen LogP contribution < -0.4 is 20.1 Å². The van der Waals surface area contributed by atoms with E-state index in [2.05, 4.69) is 15.6 Å². The number of ether oxygens (including phenoxy) is 2. The van der Waals surface area contributed by atoms with Crippen LogP contribution in [0.15, 0.2) is 42.7 Å². The van der Waals surface area contributed by atoms with E-state index in [1.54, 1.807) is 18.0 Å². The van der Waals surface area contributed by atoms with Gasteiger partial charge >= 0.3 is 0 Å². The number of likely N-dealkylation sites (tertiary alicyclic amines) is 1. The molecule has 11 heteroatoms. The summed E-state index contributed by atoms with van der Waals surface area (Å²) in [5, 5.41) is 22.9. The van der Waals surface area contributed by atoms with Crippen molar-refractivity contribution in [3.8, 4) is 17.4 Å². The molecule has 1 saturated heterocycles. The number of nitrogens with zero attached hydrogens (tertiary/aromatic N) is 2. The topological polar surface area (TPSA) is 137 Å². The van der Waals surface area contributed by atoms with Crippen molar-refractivity contribution in [2.24, 2.45) is 0 Å². The van der Waals surface area contributed by atoms with Crippen molar-refractivity contribution in [3.63, 3.8) is 0 Å². The van der Waals surface area contributed by atoms with Crippen LogP contribution in [-0.2, 0) is 0 Å². The lowest BCUT2D eigenvalue weighted by Gasteiger charge is -2.30. The summed E-state index contributed by atoms with van der Waals surface area (Å²) in [6.07, 6.45) is 4.84. The lowest BCUT2D eigenvalue weighted by Crippen LogP contribution is -2.42. The summed E-state index contributed by atoms with van der Waals surface area (Å²) in [5.41, 5.74) is 0.516. The van der Waals surface area contributed by atoms with Gasteiger partial charge in [-0.15, -0.1) is 0 Å². The molecule has 2 amide bonds. The molecule has 10 nitrogen and oxygen atoms in total. The van der Waals surface area contributed by atoms with Crippen LogP contribution in [0.1, 0.15) is 47.9 Å². The van der Waals surface area contributed by atoms with Gasteiger partial charge in [-0.05, 0) is 51.5 Å². The van der Waals surface area contributed by atoms with Gasteiger partial charge in [-0.3, -0.25) is 15.0 Å². The van der Waals surface area contributed by atoms with Crippen LogP contribution in [0.4, 0.5) is 0 Å². The third-order valence-corrected chi connectivity index (χ3v) is 5.35. The number of amides is 2. The van der Waals surface area contributed by atoms with Crippen molar-refractivity contribution in [3.05, 3.63) is 58.9 Å². The van der Waals surface area contributed by atoms with Crippen molar-refractivity contribution in [1.82, 2.24) is 20.5 Å². The highest BCUT2D eigenvalue weighted by Crippen LogP contribution is 2.32. The number of carbonyl (C=O) groups is 2. The maximum Gasteiger partial charge on any atom is 0.257 e. The van der Waals surface area contributed by atoms with Crippen LogP contribution in [0.25, 0.3) is 0 Å². The second-order valence-corrected chi connectivity index (χ2v) is 8.99. The predicted molar refractivity (Wildman–Crippen MR) is 136 cm³/mol. The van der Waals surface area contributed by atoms with E-state index in [4.69, 9.17) is 26.5 Å². The summed E-state index contributed by atoms with van der Waals surface area (Å²) in [7, 11) is 0. The smallest absolute Gasteiger partial charge is 0.257 e. The SMILES string of the molecule is CC(C)N/C=C\C(=N)NC(=O)c1cc(Oc2ncc(C(=O)N3CCC3)cc2Cl)cc(O[C@@H](C)CO)c1. The predicted octanol–water partition coefficient (Wildman–Crippen LogP) is 3.35. The molecule has 1 fully saturated rings. The maximum atomic E-state index is 12.8. The quantitative estimate of drug-likeness (QED) is 0.281. The molecule has 3 rings (SSSR count). The van der Waals surface area contributed by atoms with Gasteiger partial charge < -0.3 is 30.1 Å². The molecule has 0 spiro atoms. The van der Waals surface area contributed by atoms with Gasteiger partial charge in [-0.2, -0.15) is 0 Å². The van der Waals surface area contributed by atoms with E-state index in [1.165, 1.54) is 36.5 Å². The van der Waals surface area contributed by atoms with E-state index in [0.717, 1.165) is 6.42 Å². The van der Waals surface area contributed by atoms with Crippen LogP contribution in [0, 0.1) is 5.41 Å². The molecule has 0 unspecified atom stereocenters. The number of rotatable bonds is 10. The van der Waals surface area contributed by atoms with Crippen molar-refractivity contribution >= 4 is 29.3 Å². The minimum atomic E-state index is -0.560. The highest BCUT2D eigenvalue weighted by molar-refractivity contribution is 6.32. The number of amidine groups is 1. The third kappa shape index (κ3) is 7.43. The zero-order chi connectivity index (χ0) is 26.2. The second-order valence-electron chi connectivity index (χ2n) is 8.59.